The van der Waals surface area contributed by atoms with Gasteiger partial charge in [0.05, 0.1) is 12.6 Å². The summed E-state index contributed by atoms with van der Waals surface area (Å²) in [7, 11) is 0. The lowest BCUT2D eigenvalue weighted by Gasteiger charge is -2.15. The molecule has 5 heteroatoms. The summed E-state index contributed by atoms with van der Waals surface area (Å²) in [5.41, 5.74) is 3.01. The van der Waals surface area contributed by atoms with Gasteiger partial charge in [-0.05, 0) is 56.2 Å². The summed E-state index contributed by atoms with van der Waals surface area (Å²) >= 11 is 0. The van der Waals surface area contributed by atoms with Crippen LogP contribution in [0.25, 0.3) is 10.8 Å². The molecule has 2 N–H and O–H groups in total. The number of rotatable bonds is 4. The molecule has 0 saturated carbocycles. The topological polar surface area (TPSA) is 71.3 Å². The van der Waals surface area contributed by atoms with Crippen LogP contribution in [0.5, 0.6) is 0 Å². The molecule has 1 atom stereocenters. The molecule has 134 valence electrons. The quantitative estimate of drug-likeness (QED) is 0.757. The summed E-state index contributed by atoms with van der Waals surface area (Å²) in [6.07, 6.45) is 1.65. The molecule has 3 rings (SSSR count). The fraction of sp³-hybridized carbons (Fsp3) is 0.238. The van der Waals surface area contributed by atoms with Crippen molar-refractivity contribution in [2.24, 2.45) is 0 Å². The van der Waals surface area contributed by atoms with E-state index in [0.29, 0.717) is 22.0 Å². The Balaban J connectivity index is 2.04. The highest BCUT2D eigenvalue weighted by Crippen LogP contribution is 2.23. The monoisotopic (exact) mass is 350 g/mol. The number of carbonyl (C=O) groups excluding carboxylic acids is 1. The summed E-state index contributed by atoms with van der Waals surface area (Å²) in [5.74, 6) is -0.202. The van der Waals surface area contributed by atoms with Crippen molar-refractivity contribution in [3.8, 4) is 0 Å². The van der Waals surface area contributed by atoms with E-state index < -0.39 is 0 Å². The highest BCUT2D eigenvalue weighted by atomic mass is 16.3. The fourth-order valence-electron chi connectivity index (χ4n) is 3.02. The summed E-state index contributed by atoms with van der Waals surface area (Å²) < 4.78 is 1.50. The predicted molar refractivity (Wildman–Crippen MR) is 104 cm³/mol. The summed E-state index contributed by atoms with van der Waals surface area (Å²) in [4.78, 5) is 25.4. The van der Waals surface area contributed by atoms with E-state index in [9.17, 15) is 14.7 Å². The number of amides is 1. The van der Waals surface area contributed by atoms with Crippen molar-refractivity contribution in [3.63, 3.8) is 0 Å². The first-order chi connectivity index (χ1) is 12.4. The van der Waals surface area contributed by atoms with E-state index in [0.717, 1.165) is 11.1 Å². The number of pyridine rings is 1. The largest absolute Gasteiger partial charge is 0.394 e. The molecule has 0 aliphatic rings. The molecule has 2 aromatic carbocycles. The molecule has 0 aliphatic carbocycles. The molecule has 0 saturated heterocycles. The van der Waals surface area contributed by atoms with Crippen molar-refractivity contribution in [2.75, 3.05) is 11.9 Å². The summed E-state index contributed by atoms with van der Waals surface area (Å²) in [5, 5.41) is 13.4. The number of anilines is 1. The lowest BCUT2D eigenvalue weighted by molar-refractivity contribution is 0.102. The van der Waals surface area contributed by atoms with Crippen LogP contribution in [0.4, 0.5) is 5.69 Å². The Morgan fingerprint density at radius 3 is 2.58 bits per heavy atom. The molecule has 1 unspecified atom stereocenters. The molecule has 26 heavy (non-hydrogen) atoms. The molecule has 1 aromatic heterocycles. The number of aryl methyl sites for hydroxylation is 1. The average Bonchev–Trinajstić information content (AvgIpc) is 2.64. The minimum Gasteiger partial charge on any atom is -0.394 e. The molecule has 0 fully saturated rings. The normalized spacial score (nSPS) is 12.2. The molecule has 0 aliphatic heterocycles. The zero-order valence-corrected chi connectivity index (χ0v) is 15.1. The van der Waals surface area contributed by atoms with Crippen LogP contribution in [0.3, 0.4) is 0 Å². The SMILES string of the molecule is Cc1cccc(C(=O)Nc2cccc3c(=O)n(C(C)CO)ccc23)c1C. The standard InChI is InChI=1S/C21H22N2O3/c1-13-6-4-7-16(15(13)3)20(25)22-19-9-5-8-18-17(19)10-11-23(21(18)26)14(2)12-24/h4-11,14,24H,12H2,1-3H3,(H,22,25). The number of aliphatic hydroxyl groups excluding tert-OH is 1. The van der Waals surface area contributed by atoms with Crippen LogP contribution in [-0.2, 0) is 0 Å². The van der Waals surface area contributed by atoms with Gasteiger partial charge in [0.2, 0.25) is 0 Å². The number of hydrogen-bond acceptors (Lipinski definition) is 3. The number of hydrogen-bond donors (Lipinski definition) is 2. The van der Waals surface area contributed by atoms with E-state index in [1.54, 1.807) is 43.5 Å². The highest BCUT2D eigenvalue weighted by molar-refractivity contribution is 6.09. The molecular weight excluding hydrogens is 328 g/mol. The van der Waals surface area contributed by atoms with E-state index in [1.165, 1.54) is 4.57 Å². The Kier molecular flexibility index (Phi) is 4.91. The molecule has 5 nitrogen and oxygen atoms in total. The molecule has 0 bridgehead atoms. The van der Waals surface area contributed by atoms with Crippen molar-refractivity contribution in [1.82, 2.24) is 4.57 Å². The van der Waals surface area contributed by atoms with Crippen LogP contribution >= 0.6 is 0 Å². The summed E-state index contributed by atoms with van der Waals surface area (Å²) in [6.45, 7) is 5.55. The third-order valence-corrected chi connectivity index (χ3v) is 4.81. The average molecular weight is 350 g/mol. The van der Waals surface area contributed by atoms with Gasteiger partial charge in [-0.3, -0.25) is 9.59 Å². The molecule has 0 spiro atoms. The van der Waals surface area contributed by atoms with Gasteiger partial charge in [-0.2, -0.15) is 0 Å². The number of aliphatic hydroxyl groups is 1. The maximum Gasteiger partial charge on any atom is 0.258 e. The van der Waals surface area contributed by atoms with Crippen molar-refractivity contribution in [1.29, 1.82) is 0 Å². The third-order valence-electron chi connectivity index (χ3n) is 4.81. The van der Waals surface area contributed by atoms with Crippen molar-refractivity contribution >= 4 is 22.4 Å². The minimum atomic E-state index is -0.305. The van der Waals surface area contributed by atoms with Crippen LogP contribution in [0.2, 0.25) is 0 Å². The van der Waals surface area contributed by atoms with Gasteiger partial charge in [-0.1, -0.05) is 18.2 Å². The van der Waals surface area contributed by atoms with Gasteiger partial charge in [0.1, 0.15) is 0 Å². The maximum atomic E-state index is 12.7. The Bertz CT molecular complexity index is 1040. The van der Waals surface area contributed by atoms with Crippen LogP contribution in [0.15, 0.2) is 53.5 Å². The first kappa shape index (κ1) is 17.9. The van der Waals surface area contributed by atoms with Gasteiger partial charge in [0.25, 0.3) is 11.5 Å². The lowest BCUT2D eigenvalue weighted by atomic mass is 10.0. The number of nitrogens with one attached hydrogen (secondary N) is 1. The van der Waals surface area contributed by atoms with E-state index in [-0.39, 0.29) is 24.1 Å². The first-order valence-corrected chi connectivity index (χ1v) is 8.56. The molecule has 1 heterocycles. The molecule has 1 amide bonds. The van der Waals surface area contributed by atoms with Crippen molar-refractivity contribution in [3.05, 3.63) is 75.7 Å². The van der Waals surface area contributed by atoms with Gasteiger partial charge < -0.3 is 15.0 Å². The van der Waals surface area contributed by atoms with E-state index >= 15 is 0 Å². The van der Waals surface area contributed by atoms with Crippen LogP contribution in [-0.4, -0.2) is 22.2 Å². The Hall–Kier alpha value is -2.92. The Morgan fingerprint density at radius 2 is 1.85 bits per heavy atom. The Morgan fingerprint density at radius 1 is 1.12 bits per heavy atom. The second-order valence-corrected chi connectivity index (χ2v) is 6.53. The predicted octanol–water partition coefficient (Wildman–Crippen LogP) is 3.42. The van der Waals surface area contributed by atoms with Crippen LogP contribution in [0, 0.1) is 13.8 Å². The highest BCUT2D eigenvalue weighted by Gasteiger charge is 2.14. The van der Waals surface area contributed by atoms with Gasteiger partial charge in [-0.15, -0.1) is 0 Å². The van der Waals surface area contributed by atoms with Gasteiger partial charge in [0.15, 0.2) is 0 Å². The second kappa shape index (κ2) is 7.14. The van der Waals surface area contributed by atoms with Gasteiger partial charge in [0, 0.05) is 28.2 Å². The molecule has 3 aromatic rings. The number of carbonyl (C=O) groups is 1. The fourth-order valence-corrected chi connectivity index (χ4v) is 3.02. The van der Waals surface area contributed by atoms with Gasteiger partial charge in [-0.25, -0.2) is 0 Å². The molecular formula is C21H22N2O3. The maximum absolute atomic E-state index is 12.7. The number of nitrogens with zero attached hydrogens (tertiary/aromatic N) is 1. The van der Waals surface area contributed by atoms with Crippen molar-refractivity contribution in [2.45, 2.75) is 26.8 Å². The zero-order chi connectivity index (χ0) is 18.8. The minimum absolute atomic E-state index is 0.117. The lowest BCUT2D eigenvalue weighted by Crippen LogP contribution is -2.25. The summed E-state index contributed by atoms with van der Waals surface area (Å²) in [6, 6.07) is 12.4. The smallest absolute Gasteiger partial charge is 0.258 e. The van der Waals surface area contributed by atoms with Crippen LogP contribution in [0.1, 0.15) is 34.5 Å². The number of fused-ring (bicyclic) bond motifs is 1. The second-order valence-electron chi connectivity index (χ2n) is 6.53. The van der Waals surface area contributed by atoms with Crippen molar-refractivity contribution < 1.29 is 9.90 Å². The Labute approximate surface area is 151 Å². The van der Waals surface area contributed by atoms with E-state index in [1.807, 2.05) is 26.0 Å². The molecule has 0 radical (unpaired) electrons. The van der Waals surface area contributed by atoms with E-state index in [2.05, 4.69) is 5.32 Å². The third kappa shape index (κ3) is 3.13. The number of aromatic nitrogens is 1. The zero-order valence-electron chi connectivity index (χ0n) is 15.1. The van der Waals surface area contributed by atoms with Gasteiger partial charge >= 0.3 is 0 Å². The van der Waals surface area contributed by atoms with Crippen LogP contribution < -0.4 is 10.9 Å². The van der Waals surface area contributed by atoms with E-state index in [4.69, 9.17) is 0 Å². The first-order valence-electron chi connectivity index (χ1n) is 8.56. The number of benzene rings is 2.